The molecule has 0 spiro atoms. The average Bonchev–Trinajstić information content (AvgIpc) is 3.77. The SMILES string of the molecule is c1ccc(-c2ccc3ccc4ccc(-c5ccc6c(c5)oc5c(-n7c8ccccc8c8c(-c9ccccc9)cccc87)cccc56)nc4c3n2)cc1. The Hall–Kier alpha value is -7.04. The second-order valence-electron chi connectivity index (χ2n) is 13.4. The van der Waals surface area contributed by atoms with Crippen molar-refractivity contribution in [2.45, 2.75) is 0 Å². The highest BCUT2D eigenvalue weighted by Crippen LogP contribution is 2.42. The predicted molar refractivity (Wildman–Crippen MR) is 215 cm³/mol. The zero-order valence-corrected chi connectivity index (χ0v) is 28.0. The Morgan fingerprint density at radius 3 is 1.81 bits per heavy atom. The molecule has 242 valence electrons. The third kappa shape index (κ3) is 4.34. The van der Waals surface area contributed by atoms with Crippen molar-refractivity contribution in [1.82, 2.24) is 14.5 Å². The standard InChI is InChI=1S/C48H29N3O/c1-3-11-30(12-4-1)35-16-9-19-42-45(35)38-15-7-8-18-41(38)51(42)43-20-10-17-37-36-26-23-34(29-44(36)52-48(37)43)40-28-25-33-22-21-32-24-27-39(31-13-5-2-6-14-31)49-46(32)47(33)50-40/h1-29H. The van der Waals surface area contributed by atoms with E-state index in [1.807, 2.05) is 18.2 Å². The highest BCUT2D eigenvalue weighted by Gasteiger charge is 2.20. The lowest BCUT2D eigenvalue weighted by Gasteiger charge is -2.09. The van der Waals surface area contributed by atoms with Crippen LogP contribution in [0, 0.1) is 0 Å². The Labute approximate surface area is 298 Å². The number of benzene rings is 7. The highest BCUT2D eigenvalue weighted by molar-refractivity contribution is 6.17. The molecule has 52 heavy (non-hydrogen) atoms. The summed E-state index contributed by atoms with van der Waals surface area (Å²) in [6.07, 6.45) is 0. The molecule has 0 saturated heterocycles. The number of hydrogen-bond donors (Lipinski definition) is 0. The lowest BCUT2D eigenvalue weighted by atomic mass is 9.99. The quantitative estimate of drug-likeness (QED) is 0.176. The van der Waals surface area contributed by atoms with Crippen LogP contribution in [0.1, 0.15) is 0 Å². The van der Waals surface area contributed by atoms with Crippen LogP contribution in [0.3, 0.4) is 0 Å². The normalized spacial score (nSPS) is 11.8. The molecule has 11 rings (SSSR count). The van der Waals surface area contributed by atoms with Crippen LogP contribution in [-0.4, -0.2) is 14.5 Å². The summed E-state index contributed by atoms with van der Waals surface area (Å²) in [4.78, 5) is 10.3. The second kappa shape index (κ2) is 11.2. The van der Waals surface area contributed by atoms with E-state index in [9.17, 15) is 0 Å². The molecule has 0 bridgehead atoms. The fraction of sp³-hybridized carbons (Fsp3) is 0. The first-order valence-electron chi connectivity index (χ1n) is 17.6. The molecule has 0 atom stereocenters. The van der Waals surface area contributed by atoms with Gasteiger partial charge in [-0.3, -0.25) is 0 Å². The summed E-state index contributed by atoms with van der Waals surface area (Å²) in [7, 11) is 0. The number of rotatable bonds is 4. The van der Waals surface area contributed by atoms with Crippen molar-refractivity contribution in [3.63, 3.8) is 0 Å². The van der Waals surface area contributed by atoms with E-state index in [0.717, 1.165) is 83.0 Å². The molecule has 0 unspecified atom stereocenters. The third-order valence-electron chi connectivity index (χ3n) is 10.4. The highest BCUT2D eigenvalue weighted by atomic mass is 16.3. The fourth-order valence-corrected chi connectivity index (χ4v) is 7.95. The van der Waals surface area contributed by atoms with Crippen molar-refractivity contribution in [2.75, 3.05) is 0 Å². The monoisotopic (exact) mass is 663 g/mol. The van der Waals surface area contributed by atoms with Gasteiger partial charge in [-0.05, 0) is 53.6 Å². The van der Waals surface area contributed by atoms with Crippen LogP contribution < -0.4 is 0 Å². The molecule has 4 heteroatoms. The van der Waals surface area contributed by atoms with E-state index in [-0.39, 0.29) is 0 Å². The molecule has 0 aliphatic carbocycles. The van der Waals surface area contributed by atoms with Gasteiger partial charge in [-0.1, -0.05) is 133 Å². The largest absolute Gasteiger partial charge is 0.454 e. The van der Waals surface area contributed by atoms with Gasteiger partial charge in [-0.25, -0.2) is 9.97 Å². The molecule has 4 nitrogen and oxygen atoms in total. The molecule has 0 aliphatic heterocycles. The maximum atomic E-state index is 6.84. The van der Waals surface area contributed by atoms with Gasteiger partial charge in [-0.2, -0.15) is 0 Å². The molecule has 0 aliphatic rings. The molecule has 0 amide bonds. The van der Waals surface area contributed by atoms with Gasteiger partial charge in [-0.15, -0.1) is 0 Å². The molecule has 0 saturated carbocycles. The zero-order valence-electron chi connectivity index (χ0n) is 28.0. The van der Waals surface area contributed by atoms with Gasteiger partial charge in [0, 0.05) is 43.4 Å². The van der Waals surface area contributed by atoms with E-state index in [1.54, 1.807) is 0 Å². The lowest BCUT2D eigenvalue weighted by Crippen LogP contribution is -1.94. The van der Waals surface area contributed by atoms with Crippen LogP contribution in [0.5, 0.6) is 0 Å². The van der Waals surface area contributed by atoms with Gasteiger partial charge in [0.05, 0.1) is 39.1 Å². The van der Waals surface area contributed by atoms with Gasteiger partial charge in [0.2, 0.25) is 0 Å². The number of aromatic nitrogens is 3. The minimum Gasteiger partial charge on any atom is -0.454 e. The molecule has 0 radical (unpaired) electrons. The molecule has 11 aromatic rings. The Bertz CT molecular complexity index is 3180. The first kappa shape index (κ1) is 28.8. The number of hydrogen-bond acceptors (Lipinski definition) is 3. The Kier molecular flexibility index (Phi) is 6.22. The summed E-state index contributed by atoms with van der Waals surface area (Å²) in [5, 5.41) is 6.74. The van der Waals surface area contributed by atoms with Gasteiger partial charge in [0.15, 0.2) is 5.58 Å². The number of nitrogens with zero attached hydrogens (tertiary/aromatic N) is 3. The topological polar surface area (TPSA) is 43.9 Å². The minimum atomic E-state index is 0.829. The van der Waals surface area contributed by atoms with Crippen molar-refractivity contribution in [3.8, 4) is 39.3 Å². The van der Waals surface area contributed by atoms with Crippen molar-refractivity contribution in [1.29, 1.82) is 0 Å². The lowest BCUT2D eigenvalue weighted by molar-refractivity contribution is 0.666. The summed E-state index contributed by atoms with van der Waals surface area (Å²) in [6, 6.07) is 61.8. The van der Waals surface area contributed by atoms with Crippen LogP contribution in [0.4, 0.5) is 0 Å². The number of para-hydroxylation sites is 2. The molecule has 4 heterocycles. The van der Waals surface area contributed by atoms with Crippen molar-refractivity contribution in [2.24, 2.45) is 0 Å². The van der Waals surface area contributed by atoms with Gasteiger partial charge < -0.3 is 8.98 Å². The first-order chi connectivity index (χ1) is 25.8. The maximum Gasteiger partial charge on any atom is 0.159 e. The summed E-state index contributed by atoms with van der Waals surface area (Å²) in [5.74, 6) is 0. The molecule has 0 fully saturated rings. The smallest absolute Gasteiger partial charge is 0.159 e. The van der Waals surface area contributed by atoms with Crippen molar-refractivity contribution in [3.05, 3.63) is 176 Å². The van der Waals surface area contributed by atoms with Crippen molar-refractivity contribution < 1.29 is 4.42 Å². The fourth-order valence-electron chi connectivity index (χ4n) is 7.95. The van der Waals surface area contributed by atoms with Crippen molar-refractivity contribution >= 4 is 65.6 Å². The number of furan rings is 1. The van der Waals surface area contributed by atoms with Crippen LogP contribution >= 0.6 is 0 Å². The Morgan fingerprint density at radius 1 is 0.423 bits per heavy atom. The van der Waals surface area contributed by atoms with Crippen LogP contribution in [0.2, 0.25) is 0 Å². The molecule has 0 N–H and O–H groups in total. The van der Waals surface area contributed by atoms with Crippen LogP contribution in [-0.2, 0) is 0 Å². The molecular weight excluding hydrogens is 635 g/mol. The zero-order chi connectivity index (χ0) is 34.2. The predicted octanol–water partition coefficient (Wildman–Crippen LogP) is 12.8. The summed E-state index contributed by atoms with van der Waals surface area (Å²) in [5.41, 5.74) is 13.1. The van der Waals surface area contributed by atoms with E-state index < -0.39 is 0 Å². The Balaban J connectivity index is 1.08. The van der Waals surface area contributed by atoms with Crippen LogP contribution in [0.15, 0.2) is 180 Å². The second-order valence-corrected chi connectivity index (χ2v) is 13.4. The van der Waals surface area contributed by atoms with Gasteiger partial charge in [0.1, 0.15) is 5.58 Å². The molecular formula is C48H29N3O. The van der Waals surface area contributed by atoms with E-state index in [0.29, 0.717) is 0 Å². The minimum absolute atomic E-state index is 0.829. The van der Waals surface area contributed by atoms with Gasteiger partial charge >= 0.3 is 0 Å². The number of pyridine rings is 2. The van der Waals surface area contributed by atoms with E-state index in [4.69, 9.17) is 14.4 Å². The third-order valence-corrected chi connectivity index (χ3v) is 10.4. The van der Waals surface area contributed by atoms with Crippen LogP contribution in [0.25, 0.3) is 105 Å². The summed E-state index contributed by atoms with van der Waals surface area (Å²) < 4.78 is 9.20. The maximum absolute atomic E-state index is 6.84. The number of fused-ring (bicyclic) bond motifs is 9. The van der Waals surface area contributed by atoms with E-state index >= 15 is 0 Å². The molecule has 4 aromatic heterocycles. The van der Waals surface area contributed by atoms with E-state index in [1.165, 1.54) is 21.9 Å². The summed E-state index contributed by atoms with van der Waals surface area (Å²) >= 11 is 0. The average molecular weight is 664 g/mol. The first-order valence-corrected chi connectivity index (χ1v) is 17.6. The van der Waals surface area contributed by atoms with Gasteiger partial charge in [0.25, 0.3) is 0 Å². The summed E-state index contributed by atoms with van der Waals surface area (Å²) in [6.45, 7) is 0. The molecule has 7 aromatic carbocycles. The van der Waals surface area contributed by atoms with E-state index in [2.05, 4.69) is 162 Å². The Morgan fingerprint density at radius 2 is 1.04 bits per heavy atom.